The molecule has 1 aromatic carbocycles. The number of hydrogen-bond donors (Lipinski definition) is 1. The number of halogens is 3. The van der Waals surface area contributed by atoms with Gasteiger partial charge in [-0.3, -0.25) is 4.79 Å². The summed E-state index contributed by atoms with van der Waals surface area (Å²) in [6, 6.07) is 2.75. The molecule has 1 aliphatic rings. The zero-order valence-corrected chi connectivity index (χ0v) is 11.1. The molecular weight excluding hydrogens is 287 g/mol. The van der Waals surface area contributed by atoms with E-state index in [4.69, 9.17) is 4.74 Å². The maximum absolute atomic E-state index is 12.8. The first kappa shape index (κ1) is 15.4. The number of carbonyl (C=O) groups excluding carboxylic acids is 1. The smallest absolute Gasteiger partial charge is 0.416 e. The van der Waals surface area contributed by atoms with Gasteiger partial charge in [0.2, 0.25) is 0 Å². The Morgan fingerprint density at radius 3 is 2.67 bits per heavy atom. The molecule has 2 rings (SSSR count). The number of amides is 1. The van der Waals surface area contributed by atoms with Gasteiger partial charge in [0.25, 0.3) is 5.91 Å². The molecule has 0 atom stereocenters. The molecule has 1 aliphatic heterocycles. The van der Waals surface area contributed by atoms with Crippen LogP contribution in [0, 0.1) is 0 Å². The Labute approximate surface area is 119 Å². The molecule has 4 nitrogen and oxygen atoms in total. The Morgan fingerprint density at radius 2 is 2.14 bits per heavy atom. The third-order valence-corrected chi connectivity index (χ3v) is 3.04. The molecule has 0 unspecified atom stereocenters. The summed E-state index contributed by atoms with van der Waals surface area (Å²) in [5.41, 5.74) is -1.09. The SMILES string of the molecule is C=CCOc1ccc(C(F)(F)F)cc1C(=O)N1CC(O)C1. The predicted molar refractivity (Wildman–Crippen MR) is 69.0 cm³/mol. The number of hydrogen-bond acceptors (Lipinski definition) is 3. The Balaban J connectivity index is 2.33. The third kappa shape index (κ3) is 3.36. The van der Waals surface area contributed by atoms with Gasteiger partial charge in [-0.1, -0.05) is 12.7 Å². The molecule has 1 heterocycles. The minimum absolute atomic E-state index is 0.0642. The van der Waals surface area contributed by atoms with Crippen molar-refractivity contribution in [1.82, 2.24) is 4.90 Å². The quantitative estimate of drug-likeness (QED) is 0.866. The second-order valence-corrected chi connectivity index (χ2v) is 4.67. The fourth-order valence-corrected chi connectivity index (χ4v) is 1.94. The summed E-state index contributed by atoms with van der Waals surface area (Å²) in [5.74, 6) is -0.528. The zero-order chi connectivity index (χ0) is 15.6. The van der Waals surface area contributed by atoms with E-state index in [-0.39, 0.29) is 31.0 Å². The van der Waals surface area contributed by atoms with E-state index in [1.54, 1.807) is 0 Å². The largest absolute Gasteiger partial charge is 0.489 e. The highest BCUT2D eigenvalue weighted by Gasteiger charge is 2.35. The summed E-state index contributed by atoms with van der Waals surface area (Å²) in [5, 5.41) is 9.19. The number of aliphatic hydroxyl groups is 1. The standard InChI is InChI=1S/C14H14F3NO3/c1-2-5-21-12-4-3-9(14(15,16)17)6-11(12)13(20)18-7-10(19)8-18/h2-4,6,10,19H,1,5,7-8H2. The van der Waals surface area contributed by atoms with Crippen LogP contribution in [0.4, 0.5) is 13.2 Å². The molecule has 1 N–H and O–H groups in total. The molecule has 0 spiro atoms. The molecule has 1 aromatic rings. The van der Waals surface area contributed by atoms with Gasteiger partial charge in [0.05, 0.1) is 17.2 Å². The number of rotatable bonds is 4. The van der Waals surface area contributed by atoms with Gasteiger partial charge in [0, 0.05) is 13.1 Å². The van der Waals surface area contributed by atoms with Gasteiger partial charge < -0.3 is 14.7 Å². The van der Waals surface area contributed by atoms with Crippen molar-refractivity contribution in [3.05, 3.63) is 42.0 Å². The van der Waals surface area contributed by atoms with Crippen LogP contribution in [0.25, 0.3) is 0 Å². The van der Waals surface area contributed by atoms with Crippen molar-refractivity contribution in [2.75, 3.05) is 19.7 Å². The molecule has 7 heteroatoms. The number of alkyl halides is 3. The Kier molecular flexibility index (Phi) is 4.22. The van der Waals surface area contributed by atoms with E-state index in [9.17, 15) is 23.1 Å². The van der Waals surface area contributed by atoms with Crippen molar-refractivity contribution < 1.29 is 27.8 Å². The van der Waals surface area contributed by atoms with Crippen molar-refractivity contribution in [2.45, 2.75) is 12.3 Å². The fourth-order valence-electron chi connectivity index (χ4n) is 1.94. The van der Waals surface area contributed by atoms with Gasteiger partial charge in [-0.15, -0.1) is 0 Å². The average Bonchev–Trinajstić information content (AvgIpc) is 2.39. The number of nitrogens with zero attached hydrogens (tertiary/aromatic N) is 1. The molecule has 0 radical (unpaired) electrons. The highest BCUT2D eigenvalue weighted by molar-refractivity contribution is 5.97. The number of benzene rings is 1. The maximum atomic E-state index is 12.8. The lowest BCUT2D eigenvalue weighted by atomic mass is 10.0. The van der Waals surface area contributed by atoms with Crippen LogP contribution < -0.4 is 4.74 Å². The van der Waals surface area contributed by atoms with E-state index in [1.807, 2.05) is 0 Å². The predicted octanol–water partition coefficient (Wildman–Crippen LogP) is 2.09. The number of carbonyl (C=O) groups is 1. The van der Waals surface area contributed by atoms with E-state index < -0.39 is 23.8 Å². The number of ether oxygens (including phenoxy) is 1. The normalized spacial score (nSPS) is 15.5. The second-order valence-electron chi connectivity index (χ2n) is 4.67. The van der Waals surface area contributed by atoms with Crippen molar-refractivity contribution in [3.8, 4) is 5.75 Å². The maximum Gasteiger partial charge on any atom is 0.416 e. The van der Waals surface area contributed by atoms with Crippen LogP contribution in [-0.2, 0) is 6.18 Å². The number of likely N-dealkylation sites (tertiary alicyclic amines) is 1. The van der Waals surface area contributed by atoms with Gasteiger partial charge in [0.15, 0.2) is 0 Å². The van der Waals surface area contributed by atoms with Gasteiger partial charge >= 0.3 is 6.18 Å². The first-order valence-corrected chi connectivity index (χ1v) is 6.25. The lowest BCUT2D eigenvalue weighted by Crippen LogP contribution is -2.53. The van der Waals surface area contributed by atoms with E-state index >= 15 is 0 Å². The summed E-state index contributed by atoms with van der Waals surface area (Å²) in [4.78, 5) is 13.4. The summed E-state index contributed by atoms with van der Waals surface area (Å²) in [6.45, 7) is 3.74. The molecule has 0 saturated carbocycles. The van der Waals surface area contributed by atoms with Crippen molar-refractivity contribution in [2.24, 2.45) is 0 Å². The minimum Gasteiger partial charge on any atom is -0.489 e. The van der Waals surface area contributed by atoms with E-state index in [2.05, 4.69) is 6.58 Å². The summed E-state index contributed by atoms with van der Waals surface area (Å²) in [6.07, 6.45) is -3.74. The van der Waals surface area contributed by atoms with E-state index in [0.717, 1.165) is 18.2 Å². The van der Waals surface area contributed by atoms with Crippen molar-refractivity contribution in [3.63, 3.8) is 0 Å². The van der Waals surface area contributed by atoms with Crippen LogP contribution in [0.15, 0.2) is 30.9 Å². The van der Waals surface area contributed by atoms with Crippen LogP contribution in [0.5, 0.6) is 5.75 Å². The van der Waals surface area contributed by atoms with Crippen LogP contribution in [0.3, 0.4) is 0 Å². The Morgan fingerprint density at radius 1 is 1.48 bits per heavy atom. The van der Waals surface area contributed by atoms with Crippen molar-refractivity contribution >= 4 is 5.91 Å². The average molecular weight is 301 g/mol. The first-order chi connectivity index (χ1) is 9.82. The molecule has 0 bridgehead atoms. The zero-order valence-electron chi connectivity index (χ0n) is 11.1. The topological polar surface area (TPSA) is 49.8 Å². The second kappa shape index (κ2) is 5.77. The highest BCUT2D eigenvalue weighted by Crippen LogP contribution is 2.33. The Hall–Kier alpha value is -2.02. The lowest BCUT2D eigenvalue weighted by Gasteiger charge is -2.36. The van der Waals surface area contributed by atoms with Crippen molar-refractivity contribution in [1.29, 1.82) is 0 Å². The highest BCUT2D eigenvalue weighted by atomic mass is 19.4. The van der Waals surface area contributed by atoms with Crippen LogP contribution >= 0.6 is 0 Å². The van der Waals surface area contributed by atoms with Gasteiger partial charge in [-0.25, -0.2) is 0 Å². The lowest BCUT2D eigenvalue weighted by molar-refractivity contribution is -0.137. The third-order valence-electron chi connectivity index (χ3n) is 3.04. The molecule has 1 amide bonds. The molecule has 0 aliphatic carbocycles. The van der Waals surface area contributed by atoms with E-state index in [0.29, 0.717) is 0 Å². The van der Waals surface area contributed by atoms with Gasteiger partial charge in [-0.05, 0) is 18.2 Å². The molecule has 114 valence electrons. The van der Waals surface area contributed by atoms with Crippen LogP contribution in [0.1, 0.15) is 15.9 Å². The molecule has 0 aromatic heterocycles. The molecule has 21 heavy (non-hydrogen) atoms. The summed E-state index contributed by atoms with van der Waals surface area (Å²) in [7, 11) is 0. The van der Waals surface area contributed by atoms with E-state index in [1.165, 1.54) is 11.0 Å². The van der Waals surface area contributed by atoms with Gasteiger partial charge in [-0.2, -0.15) is 13.2 Å². The molecule has 1 fully saturated rings. The summed E-state index contributed by atoms with van der Waals surface area (Å²) >= 11 is 0. The van der Waals surface area contributed by atoms with Crippen LogP contribution in [0.2, 0.25) is 0 Å². The Bertz CT molecular complexity index is 551. The molecular formula is C14H14F3NO3. The van der Waals surface area contributed by atoms with Gasteiger partial charge in [0.1, 0.15) is 12.4 Å². The minimum atomic E-state index is -4.54. The van der Waals surface area contributed by atoms with Crippen LogP contribution in [-0.4, -0.2) is 41.7 Å². The first-order valence-electron chi connectivity index (χ1n) is 6.25. The number of β-amino-alcohol motifs (C(OH)–C–C–N with tert-alkyl or cyclic N) is 1. The number of aliphatic hydroxyl groups excluding tert-OH is 1. The monoisotopic (exact) mass is 301 g/mol. The summed E-state index contributed by atoms with van der Waals surface area (Å²) < 4.78 is 43.5. The molecule has 1 saturated heterocycles. The fraction of sp³-hybridized carbons (Fsp3) is 0.357.